The van der Waals surface area contributed by atoms with E-state index in [-0.39, 0.29) is 0 Å². The van der Waals surface area contributed by atoms with E-state index in [0.717, 1.165) is 12.2 Å². The summed E-state index contributed by atoms with van der Waals surface area (Å²) < 4.78 is 9.65. The monoisotopic (exact) mass is 348 g/mol. The van der Waals surface area contributed by atoms with Crippen LogP contribution in [0.15, 0.2) is 39.8 Å². The Balaban J connectivity index is 2.39. The molecule has 3 heteroatoms. The Labute approximate surface area is 142 Å². The Morgan fingerprint density at radius 1 is 1.09 bits per heavy atom. The Morgan fingerprint density at radius 2 is 1.77 bits per heavy atom. The van der Waals surface area contributed by atoms with Crippen molar-refractivity contribution in [3.8, 4) is 5.75 Å². The van der Waals surface area contributed by atoms with Crippen molar-refractivity contribution in [2.24, 2.45) is 0 Å². The molecule has 22 heavy (non-hydrogen) atoms. The summed E-state index contributed by atoms with van der Waals surface area (Å²) >= 11 is -1.81. The van der Waals surface area contributed by atoms with Gasteiger partial charge in [-0.15, -0.1) is 0 Å². The molecule has 0 aromatic heterocycles. The second kappa shape index (κ2) is 6.82. The average molecular weight is 348 g/mol. The second-order valence-corrected chi connectivity index (χ2v) is 16.4. The molecule has 0 amide bonds. The van der Waals surface area contributed by atoms with E-state index in [2.05, 4.69) is 77.7 Å². The van der Waals surface area contributed by atoms with Crippen molar-refractivity contribution in [1.29, 1.82) is 0 Å². The predicted octanol–water partition coefficient (Wildman–Crippen LogP) is 4.90. The molecule has 1 aromatic rings. The minimum atomic E-state index is -1.81. The standard InChI is InChI=1S/C10H16OSi.C6H7.C3H6.Ti/c1-8-5-9(11)7-10(6-8)12(2,3)4;1-6-4-2-3-5-6;1-3-2;/h5-7,11H,1-4H3;2,4H,3H2,1H3;1-2H3;/q;;;+1/p-1. The van der Waals surface area contributed by atoms with Crippen molar-refractivity contribution in [1.82, 2.24) is 0 Å². The third-order valence-electron chi connectivity index (χ3n) is 4.03. The van der Waals surface area contributed by atoms with Crippen LogP contribution in [0.1, 0.15) is 32.8 Å². The molecule has 0 spiro atoms. The molecular weight excluding hydrogens is 320 g/mol. The maximum atomic E-state index is 6.60. The summed E-state index contributed by atoms with van der Waals surface area (Å²) in [6, 6.07) is 6.84. The maximum absolute atomic E-state index is 6.60. The zero-order valence-corrected chi connectivity index (χ0v) is 17.6. The summed E-state index contributed by atoms with van der Waals surface area (Å²) in [5.74, 6) is 1.08. The van der Waals surface area contributed by atoms with Crippen molar-refractivity contribution in [3.05, 3.63) is 45.4 Å². The van der Waals surface area contributed by atoms with Crippen molar-refractivity contribution < 1.29 is 21.1 Å². The first-order valence-corrected chi connectivity index (χ1v) is 13.7. The van der Waals surface area contributed by atoms with Gasteiger partial charge >= 0.3 is 143 Å². The number of hydrogen-bond donors (Lipinski definition) is 0. The zero-order chi connectivity index (χ0) is 16.5. The van der Waals surface area contributed by atoms with E-state index in [1.165, 1.54) is 20.1 Å². The molecule has 0 heterocycles. The number of allylic oxidation sites excluding steroid dienone is 4. The summed E-state index contributed by atoms with van der Waals surface area (Å²) in [5.41, 5.74) is 2.74. The normalized spacial score (nSPS) is 14.5. The van der Waals surface area contributed by atoms with Crippen LogP contribution in [0.3, 0.4) is 0 Å². The minimum absolute atomic E-state index is 1.08. The molecule has 2 rings (SSSR count). The van der Waals surface area contributed by atoms with Gasteiger partial charge in [0.15, 0.2) is 0 Å². The van der Waals surface area contributed by atoms with Crippen molar-refractivity contribution in [2.75, 3.05) is 0 Å². The summed E-state index contributed by atoms with van der Waals surface area (Å²) in [7, 11) is -1.31. The van der Waals surface area contributed by atoms with Crippen molar-refractivity contribution >= 4 is 17.1 Å². The Hall–Kier alpha value is -0.699. The van der Waals surface area contributed by atoms with Crippen LogP contribution in [0.5, 0.6) is 5.75 Å². The molecule has 0 saturated heterocycles. The molecule has 118 valence electrons. The molecule has 0 N–H and O–H groups in total. The number of rotatable bonds is 4. The molecule has 1 aliphatic rings. The summed E-state index contributed by atoms with van der Waals surface area (Å²) in [6.07, 6.45) is 5.60. The van der Waals surface area contributed by atoms with Gasteiger partial charge in [-0.3, -0.25) is 0 Å². The Bertz CT molecular complexity index is 671. The fraction of sp³-hybridized carbons (Fsp3) is 0.421. The van der Waals surface area contributed by atoms with Gasteiger partial charge in [0.25, 0.3) is 0 Å². The molecule has 1 aromatic carbocycles. The molecular formula is C19H28OSiTi. The third-order valence-corrected chi connectivity index (χ3v) is 9.95. The van der Waals surface area contributed by atoms with Crippen LogP contribution in [0, 0.1) is 6.92 Å². The molecule has 0 atom stereocenters. The van der Waals surface area contributed by atoms with Crippen LogP contribution in [0.25, 0.3) is 0 Å². The van der Waals surface area contributed by atoms with E-state index in [0.29, 0.717) is 0 Å². The molecule has 0 radical (unpaired) electrons. The van der Waals surface area contributed by atoms with E-state index in [9.17, 15) is 0 Å². The quantitative estimate of drug-likeness (QED) is 0.704. The second-order valence-electron chi connectivity index (χ2n) is 7.48. The van der Waals surface area contributed by atoms with Gasteiger partial charge in [-0.2, -0.15) is 0 Å². The van der Waals surface area contributed by atoms with Gasteiger partial charge in [0.05, 0.1) is 0 Å². The van der Waals surface area contributed by atoms with Crippen LogP contribution in [-0.2, 0) is 17.8 Å². The van der Waals surface area contributed by atoms with E-state index < -0.39 is 25.9 Å². The predicted molar refractivity (Wildman–Crippen MR) is 97.6 cm³/mol. The molecule has 1 nitrogen and oxygen atoms in total. The number of aryl methyl sites for hydroxylation is 1. The Morgan fingerprint density at radius 3 is 2.27 bits per heavy atom. The van der Waals surface area contributed by atoms with Gasteiger partial charge in [0.1, 0.15) is 0 Å². The number of benzene rings is 1. The first-order valence-electron chi connectivity index (χ1n) is 8.02. The molecule has 1 aliphatic carbocycles. The van der Waals surface area contributed by atoms with Gasteiger partial charge in [-0.05, 0) is 0 Å². The van der Waals surface area contributed by atoms with Gasteiger partial charge in [0, 0.05) is 0 Å². The van der Waals surface area contributed by atoms with Gasteiger partial charge in [-0.1, -0.05) is 0 Å². The van der Waals surface area contributed by atoms with Crippen LogP contribution < -0.4 is 8.51 Å². The van der Waals surface area contributed by atoms with Gasteiger partial charge in [0.2, 0.25) is 0 Å². The molecule has 0 saturated carbocycles. The first-order chi connectivity index (χ1) is 10.2. The van der Waals surface area contributed by atoms with E-state index >= 15 is 0 Å². The van der Waals surface area contributed by atoms with Crippen LogP contribution >= 0.6 is 0 Å². The molecule has 0 unspecified atom stereocenters. The molecule has 0 bridgehead atoms. The van der Waals surface area contributed by atoms with E-state index in [1.54, 1.807) is 3.88 Å². The SMILES string of the molecule is CC1=[C]([Ti]([O]c2cc(C)cc([Si](C)(C)C)c2)=[C](C)C)CC=C1. The van der Waals surface area contributed by atoms with Crippen LogP contribution in [-0.4, -0.2) is 11.9 Å². The zero-order valence-electron chi connectivity index (χ0n) is 15.0. The van der Waals surface area contributed by atoms with Gasteiger partial charge < -0.3 is 0 Å². The first kappa shape index (κ1) is 17.7. The average Bonchev–Trinajstić information content (AvgIpc) is 2.80. The van der Waals surface area contributed by atoms with Crippen LogP contribution in [0.2, 0.25) is 19.6 Å². The topological polar surface area (TPSA) is 9.23 Å². The third kappa shape index (κ3) is 4.19. The van der Waals surface area contributed by atoms with E-state index in [1.807, 2.05) is 0 Å². The number of hydrogen-bond acceptors (Lipinski definition) is 1. The summed E-state index contributed by atoms with van der Waals surface area (Å²) in [6.45, 7) is 16.1. The fourth-order valence-electron chi connectivity index (χ4n) is 2.71. The summed E-state index contributed by atoms with van der Waals surface area (Å²) in [4.78, 5) is 0. The Kier molecular flexibility index (Phi) is 5.47. The fourth-order valence-corrected chi connectivity index (χ4v) is 7.11. The van der Waals surface area contributed by atoms with Gasteiger partial charge in [-0.25, -0.2) is 0 Å². The summed E-state index contributed by atoms with van der Waals surface area (Å²) in [5, 5.41) is 1.49. The molecule has 0 fully saturated rings. The van der Waals surface area contributed by atoms with Crippen LogP contribution in [0.4, 0.5) is 0 Å². The van der Waals surface area contributed by atoms with Crippen molar-refractivity contribution in [3.63, 3.8) is 0 Å². The van der Waals surface area contributed by atoms with Crippen molar-refractivity contribution in [2.45, 2.75) is 53.8 Å². The van der Waals surface area contributed by atoms with E-state index in [4.69, 9.17) is 3.32 Å². The molecule has 0 aliphatic heterocycles.